The summed E-state index contributed by atoms with van der Waals surface area (Å²) in [6.45, 7) is 9.39. The fraction of sp³-hybridized carbons (Fsp3) is 0.231. The highest BCUT2D eigenvalue weighted by Gasteiger charge is 2.36. The molecule has 0 unspecified atom stereocenters. The number of para-hydroxylation sites is 1. The van der Waals surface area contributed by atoms with E-state index in [1.807, 2.05) is 75.6 Å². The van der Waals surface area contributed by atoms with E-state index in [-0.39, 0.29) is 6.54 Å². The number of rotatable bonds is 5. The van der Waals surface area contributed by atoms with E-state index in [4.69, 9.17) is 0 Å². The molecule has 1 fully saturated rings. The summed E-state index contributed by atoms with van der Waals surface area (Å²) >= 11 is 0.847. The van der Waals surface area contributed by atoms with Gasteiger partial charge in [0.25, 0.3) is 11.1 Å². The Bertz CT molecular complexity index is 1340. The summed E-state index contributed by atoms with van der Waals surface area (Å²) in [6.07, 6.45) is 3.47. The number of amides is 3. The maximum atomic E-state index is 13.0. The molecule has 1 aliphatic rings. The molecule has 1 N–H and O–H groups in total. The maximum Gasteiger partial charge on any atom is 0.294 e. The van der Waals surface area contributed by atoms with Crippen LogP contribution in [0.1, 0.15) is 33.6 Å². The molecule has 4 rings (SSSR count). The van der Waals surface area contributed by atoms with Crippen molar-refractivity contribution in [2.45, 2.75) is 34.6 Å². The van der Waals surface area contributed by atoms with Gasteiger partial charge in [0.15, 0.2) is 0 Å². The molecule has 8 heteroatoms. The lowest BCUT2D eigenvalue weighted by atomic mass is 10.1. The lowest BCUT2D eigenvalue weighted by Gasteiger charge is -2.15. The van der Waals surface area contributed by atoms with E-state index in [9.17, 15) is 14.4 Å². The van der Waals surface area contributed by atoms with Crippen LogP contribution in [0.3, 0.4) is 0 Å². The number of nitrogens with one attached hydrogen (secondary N) is 1. The average Bonchev–Trinajstić information content (AvgIpc) is 3.20. The van der Waals surface area contributed by atoms with Gasteiger partial charge < -0.3 is 9.88 Å². The zero-order chi connectivity index (χ0) is 24.6. The fourth-order valence-corrected chi connectivity index (χ4v) is 4.87. The van der Waals surface area contributed by atoms with Gasteiger partial charge in [-0.25, -0.2) is 4.98 Å². The molecule has 3 amide bonds. The molecule has 0 spiro atoms. The minimum atomic E-state index is -0.467. The van der Waals surface area contributed by atoms with Crippen molar-refractivity contribution in [2.24, 2.45) is 0 Å². The Labute approximate surface area is 202 Å². The smallest absolute Gasteiger partial charge is 0.294 e. The summed E-state index contributed by atoms with van der Waals surface area (Å²) in [5.74, 6) is -0.0827. The van der Waals surface area contributed by atoms with Crippen LogP contribution in [0.5, 0.6) is 0 Å². The number of imide groups is 1. The van der Waals surface area contributed by atoms with Gasteiger partial charge in [0.1, 0.15) is 12.4 Å². The molecule has 0 saturated carbocycles. The van der Waals surface area contributed by atoms with Crippen LogP contribution in [0.15, 0.2) is 47.5 Å². The van der Waals surface area contributed by atoms with Crippen molar-refractivity contribution in [1.82, 2.24) is 14.5 Å². The minimum Gasteiger partial charge on any atom is -0.324 e. The third-order valence-corrected chi connectivity index (χ3v) is 6.72. The summed E-state index contributed by atoms with van der Waals surface area (Å²) in [5, 5.41) is 2.37. The standard InChI is InChI=1S/C26H26N4O3S/c1-15-9-10-27-22(11-15)30-18(4)12-20(19(30)5)13-21-25(32)29(26(33)34-21)14-23(31)28-24-16(2)7-6-8-17(24)3/h6-13H,14H2,1-5H3,(H,28,31)/b21-13-. The van der Waals surface area contributed by atoms with Crippen LogP contribution in [0.25, 0.3) is 11.9 Å². The van der Waals surface area contributed by atoms with E-state index in [1.165, 1.54) is 0 Å². The molecule has 0 bridgehead atoms. The lowest BCUT2D eigenvalue weighted by Crippen LogP contribution is -2.36. The van der Waals surface area contributed by atoms with E-state index in [0.717, 1.165) is 56.1 Å². The van der Waals surface area contributed by atoms with Crippen molar-refractivity contribution in [3.8, 4) is 5.82 Å². The van der Waals surface area contributed by atoms with Gasteiger partial charge in [-0.15, -0.1) is 0 Å². The van der Waals surface area contributed by atoms with Crippen molar-refractivity contribution < 1.29 is 14.4 Å². The lowest BCUT2D eigenvalue weighted by molar-refractivity contribution is -0.127. The Morgan fingerprint density at radius 3 is 2.44 bits per heavy atom. The molecule has 174 valence electrons. The van der Waals surface area contributed by atoms with E-state index in [1.54, 1.807) is 12.3 Å². The quantitative estimate of drug-likeness (QED) is 0.521. The SMILES string of the molecule is Cc1ccnc(-n2c(C)cc(/C=C3\SC(=O)N(CC(=O)Nc4c(C)cccc4C)C3=O)c2C)c1. The van der Waals surface area contributed by atoms with E-state index < -0.39 is 17.1 Å². The molecule has 0 atom stereocenters. The maximum absolute atomic E-state index is 13.0. The normalized spacial score (nSPS) is 14.9. The molecule has 0 radical (unpaired) electrons. The Morgan fingerprint density at radius 1 is 1.06 bits per heavy atom. The molecule has 1 saturated heterocycles. The zero-order valence-electron chi connectivity index (χ0n) is 19.8. The number of aromatic nitrogens is 2. The summed E-state index contributed by atoms with van der Waals surface area (Å²) < 4.78 is 2.01. The minimum absolute atomic E-state index is 0.294. The summed E-state index contributed by atoms with van der Waals surface area (Å²) in [4.78, 5) is 43.9. The molecule has 7 nitrogen and oxygen atoms in total. The van der Waals surface area contributed by atoms with Crippen molar-refractivity contribution in [3.63, 3.8) is 0 Å². The van der Waals surface area contributed by atoms with Gasteiger partial charge in [-0.3, -0.25) is 19.3 Å². The number of carbonyl (C=O) groups excluding carboxylic acids is 3. The Balaban J connectivity index is 1.54. The van der Waals surface area contributed by atoms with Crippen LogP contribution in [0, 0.1) is 34.6 Å². The first-order valence-electron chi connectivity index (χ1n) is 10.9. The van der Waals surface area contributed by atoms with Crippen molar-refractivity contribution in [1.29, 1.82) is 0 Å². The van der Waals surface area contributed by atoms with Crippen LogP contribution in [0.2, 0.25) is 0 Å². The molecule has 3 heterocycles. The third-order valence-electron chi connectivity index (χ3n) is 5.81. The average molecular weight is 475 g/mol. The van der Waals surface area contributed by atoms with Crippen molar-refractivity contribution >= 4 is 40.6 Å². The molecule has 3 aromatic rings. The Morgan fingerprint density at radius 2 is 1.76 bits per heavy atom. The second-order valence-corrected chi connectivity index (χ2v) is 9.43. The summed E-state index contributed by atoms with van der Waals surface area (Å²) in [6, 6.07) is 11.6. The zero-order valence-corrected chi connectivity index (χ0v) is 20.6. The molecule has 2 aromatic heterocycles. The van der Waals surface area contributed by atoms with Crippen LogP contribution >= 0.6 is 11.8 Å². The molecule has 1 aliphatic heterocycles. The number of thioether (sulfide) groups is 1. The third kappa shape index (κ3) is 4.54. The highest BCUT2D eigenvalue weighted by molar-refractivity contribution is 8.18. The van der Waals surface area contributed by atoms with Crippen LogP contribution < -0.4 is 5.32 Å². The van der Waals surface area contributed by atoms with Crippen molar-refractivity contribution in [3.05, 3.63) is 81.1 Å². The molecular weight excluding hydrogens is 448 g/mol. The van der Waals surface area contributed by atoms with Crippen LogP contribution in [-0.4, -0.2) is 38.0 Å². The first-order chi connectivity index (χ1) is 16.2. The second kappa shape index (κ2) is 9.30. The highest BCUT2D eigenvalue weighted by atomic mass is 32.2. The highest BCUT2D eigenvalue weighted by Crippen LogP contribution is 2.33. The first kappa shape index (κ1) is 23.5. The number of anilines is 1. The Kier molecular flexibility index (Phi) is 6.43. The van der Waals surface area contributed by atoms with Crippen molar-refractivity contribution in [2.75, 3.05) is 11.9 Å². The van der Waals surface area contributed by atoms with E-state index in [2.05, 4.69) is 10.3 Å². The van der Waals surface area contributed by atoms with Gasteiger partial charge in [0.2, 0.25) is 5.91 Å². The van der Waals surface area contributed by atoms with Gasteiger partial charge >= 0.3 is 0 Å². The molecular formula is C26H26N4O3S. The van der Waals surface area contributed by atoms with E-state index >= 15 is 0 Å². The summed E-state index contributed by atoms with van der Waals surface area (Å²) in [7, 11) is 0. The molecule has 1 aromatic carbocycles. The second-order valence-electron chi connectivity index (χ2n) is 8.44. The topological polar surface area (TPSA) is 84.3 Å². The van der Waals surface area contributed by atoms with Crippen LogP contribution in [0.4, 0.5) is 10.5 Å². The summed E-state index contributed by atoms with van der Waals surface area (Å²) in [5.41, 5.74) is 6.34. The Hall–Kier alpha value is -3.65. The van der Waals surface area contributed by atoms with Crippen LogP contribution in [-0.2, 0) is 9.59 Å². The number of pyridine rings is 1. The van der Waals surface area contributed by atoms with Gasteiger partial charge in [0.05, 0.1) is 4.91 Å². The first-order valence-corrected chi connectivity index (χ1v) is 11.7. The van der Waals surface area contributed by atoms with Gasteiger partial charge in [-0.1, -0.05) is 18.2 Å². The van der Waals surface area contributed by atoms with Gasteiger partial charge in [-0.05, 0) is 92.9 Å². The number of hydrogen-bond acceptors (Lipinski definition) is 5. The number of hydrogen-bond donors (Lipinski definition) is 1. The number of benzene rings is 1. The van der Waals surface area contributed by atoms with E-state index in [0.29, 0.717) is 10.6 Å². The fourth-order valence-electron chi connectivity index (χ4n) is 4.04. The molecule has 34 heavy (non-hydrogen) atoms. The number of aryl methyl sites for hydroxylation is 4. The predicted octanol–water partition coefficient (Wildman–Crippen LogP) is 5.09. The van der Waals surface area contributed by atoms with Gasteiger partial charge in [-0.2, -0.15) is 0 Å². The predicted molar refractivity (Wildman–Crippen MR) is 135 cm³/mol. The monoisotopic (exact) mass is 474 g/mol. The van der Waals surface area contributed by atoms with Gasteiger partial charge in [0, 0.05) is 23.3 Å². The number of nitrogens with zero attached hydrogens (tertiary/aromatic N) is 3. The number of carbonyl (C=O) groups is 3. The largest absolute Gasteiger partial charge is 0.324 e. The molecule has 0 aliphatic carbocycles.